The third-order valence-corrected chi connectivity index (χ3v) is 8.32. The Morgan fingerprint density at radius 2 is 1.76 bits per heavy atom. The number of thiazole rings is 1. The number of aryl methyl sites for hydroxylation is 1. The van der Waals surface area contributed by atoms with Crippen LogP contribution in [0.1, 0.15) is 22.8 Å². The van der Waals surface area contributed by atoms with Crippen LogP contribution in [0.15, 0.2) is 82.7 Å². The van der Waals surface area contributed by atoms with Gasteiger partial charge in [0.05, 0.1) is 22.2 Å². The van der Waals surface area contributed by atoms with Crippen LogP contribution in [0, 0.1) is 0 Å². The number of methoxy groups -OCH3 is 1. The Kier molecular flexibility index (Phi) is 6.97. The number of nitrogens with zero attached hydrogens (tertiary/aromatic N) is 3. The van der Waals surface area contributed by atoms with Crippen molar-refractivity contribution in [1.29, 1.82) is 0 Å². The highest BCUT2D eigenvalue weighted by molar-refractivity contribution is 7.89. The number of fused-ring (bicyclic) bond motifs is 1. The van der Waals surface area contributed by atoms with Gasteiger partial charge in [0.15, 0.2) is 4.80 Å². The summed E-state index contributed by atoms with van der Waals surface area (Å²) < 4.78 is 35.4. The molecule has 7 nitrogen and oxygen atoms in total. The van der Waals surface area contributed by atoms with Crippen LogP contribution in [-0.4, -0.2) is 37.4 Å². The maximum absolute atomic E-state index is 12.9. The standard InChI is InChI=1S/C25H25N3O4S2/c1-4-28-22-15-12-20(32-3)16-23(22)33-25(28)26-24(29)19-10-13-21(14-11-19)34(30,31)27(2)17-18-8-6-5-7-9-18/h5-16H,4,17H2,1-3H3. The number of carbonyl (C=O) groups excluding carboxylic acids is 1. The molecule has 0 saturated heterocycles. The number of benzene rings is 3. The summed E-state index contributed by atoms with van der Waals surface area (Å²) in [5.74, 6) is 0.311. The lowest BCUT2D eigenvalue weighted by atomic mass is 10.2. The summed E-state index contributed by atoms with van der Waals surface area (Å²) in [6.07, 6.45) is 0. The molecule has 1 heterocycles. The lowest BCUT2D eigenvalue weighted by molar-refractivity contribution is 0.0997. The van der Waals surface area contributed by atoms with Gasteiger partial charge in [0.2, 0.25) is 10.0 Å². The second-order valence-corrected chi connectivity index (χ2v) is 10.7. The normalized spacial score (nSPS) is 12.4. The molecule has 0 saturated carbocycles. The second kappa shape index (κ2) is 9.92. The van der Waals surface area contributed by atoms with Crippen molar-refractivity contribution in [2.45, 2.75) is 24.9 Å². The highest BCUT2D eigenvalue weighted by Gasteiger charge is 2.21. The number of sulfonamides is 1. The fraction of sp³-hybridized carbons (Fsp3) is 0.200. The molecule has 4 rings (SSSR count). The molecule has 0 aliphatic heterocycles. The van der Waals surface area contributed by atoms with E-state index in [1.165, 1.54) is 47.0 Å². The van der Waals surface area contributed by atoms with Crippen LogP contribution in [0.3, 0.4) is 0 Å². The highest BCUT2D eigenvalue weighted by atomic mass is 32.2. The van der Waals surface area contributed by atoms with Crippen LogP contribution in [0.4, 0.5) is 0 Å². The van der Waals surface area contributed by atoms with E-state index in [4.69, 9.17) is 4.74 Å². The molecule has 176 valence electrons. The van der Waals surface area contributed by atoms with Crippen LogP contribution in [0.2, 0.25) is 0 Å². The fourth-order valence-electron chi connectivity index (χ4n) is 3.60. The summed E-state index contributed by atoms with van der Waals surface area (Å²) in [6.45, 7) is 2.90. The zero-order valence-corrected chi connectivity index (χ0v) is 20.8. The Morgan fingerprint density at radius 3 is 2.41 bits per heavy atom. The summed E-state index contributed by atoms with van der Waals surface area (Å²) in [5.41, 5.74) is 2.19. The summed E-state index contributed by atoms with van der Waals surface area (Å²) in [5, 5.41) is 0. The predicted molar refractivity (Wildman–Crippen MR) is 133 cm³/mol. The molecular weight excluding hydrogens is 470 g/mol. The maximum Gasteiger partial charge on any atom is 0.279 e. The van der Waals surface area contributed by atoms with Crippen molar-refractivity contribution in [1.82, 2.24) is 8.87 Å². The molecule has 0 atom stereocenters. The Labute approximate surface area is 202 Å². The van der Waals surface area contributed by atoms with E-state index in [1.807, 2.05) is 60.0 Å². The van der Waals surface area contributed by atoms with Gasteiger partial charge in [-0.25, -0.2) is 8.42 Å². The first kappa shape index (κ1) is 23.9. The number of ether oxygens (including phenoxy) is 1. The Balaban J connectivity index is 1.59. The number of amides is 1. The van der Waals surface area contributed by atoms with Gasteiger partial charge in [0, 0.05) is 25.7 Å². The van der Waals surface area contributed by atoms with Gasteiger partial charge >= 0.3 is 0 Å². The molecule has 0 fully saturated rings. The van der Waals surface area contributed by atoms with Crippen molar-refractivity contribution >= 4 is 37.5 Å². The minimum Gasteiger partial charge on any atom is -0.497 e. The van der Waals surface area contributed by atoms with Gasteiger partial charge in [0.25, 0.3) is 5.91 Å². The molecule has 1 amide bonds. The molecule has 9 heteroatoms. The van der Waals surface area contributed by atoms with Crippen molar-refractivity contribution in [3.63, 3.8) is 0 Å². The number of hydrogen-bond donors (Lipinski definition) is 0. The summed E-state index contributed by atoms with van der Waals surface area (Å²) in [6, 6.07) is 21.0. The van der Waals surface area contributed by atoms with Crippen LogP contribution < -0.4 is 9.54 Å². The SMILES string of the molecule is CCn1c(=NC(=O)c2ccc(S(=O)(=O)N(C)Cc3ccccc3)cc2)sc2cc(OC)ccc21. The zero-order chi connectivity index (χ0) is 24.3. The van der Waals surface area contributed by atoms with Gasteiger partial charge in [-0.1, -0.05) is 41.7 Å². The molecule has 1 aromatic heterocycles. The number of hydrogen-bond acceptors (Lipinski definition) is 5. The smallest absolute Gasteiger partial charge is 0.279 e. The van der Waals surface area contributed by atoms with Crippen LogP contribution in [0.25, 0.3) is 10.2 Å². The molecule has 0 spiro atoms. The van der Waals surface area contributed by atoms with Crippen molar-refractivity contribution in [2.24, 2.45) is 4.99 Å². The van der Waals surface area contributed by atoms with E-state index < -0.39 is 15.9 Å². The molecule has 3 aromatic carbocycles. The first-order valence-corrected chi connectivity index (χ1v) is 13.0. The van der Waals surface area contributed by atoms with Crippen LogP contribution >= 0.6 is 11.3 Å². The average molecular weight is 496 g/mol. The van der Waals surface area contributed by atoms with Gasteiger partial charge in [-0.2, -0.15) is 9.30 Å². The quantitative estimate of drug-likeness (QED) is 0.383. The largest absolute Gasteiger partial charge is 0.497 e. The van der Waals surface area contributed by atoms with Crippen LogP contribution in [-0.2, 0) is 23.1 Å². The topological polar surface area (TPSA) is 81.0 Å². The molecular formula is C25H25N3O4S2. The first-order valence-electron chi connectivity index (χ1n) is 10.7. The Hall–Kier alpha value is -3.27. The lowest BCUT2D eigenvalue weighted by Gasteiger charge is -2.17. The van der Waals surface area contributed by atoms with Gasteiger partial charge in [-0.05, 0) is 55.0 Å². The molecule has 0 aliphatic carbocycles. The maximum atomic E-state index is 12.9. The number of carbonyl (C=O) groups is 1. The van der Waals surface area contributed by atoms with E-state index in [1.54, 1.807) is 7.11 Å². The minimum absolute atomic E-state index is 0.125. The summed E-state index contributed by atoms with van der Waals surface area (Å²) >= 11 is 1.41. The molecule has 0 N–H and O–H groups in total. The van der Waals surface area contributed by atoms with E-state index in [0.29, 0.717) is 16.9 Å². The number of aromatic nitrogens is 1. The predicted octanol–water partition coefficient (Wildman–Crippen LogP) is 4.29. The summed E-state index contributed by atoms with van der Waals surface area (Å²) in [7, 11) is -0.545. The van der Waals surface area contributed by atoms with E-state index >= 15 is 0 Å². The van der Waals surface area contributed by atoms with Crippen LogP contribution in [0.5, 0.6) is 5.75 Å². The van der Waals surface area contributed by atoms with Crippen molar-refractivity contribution in [2.75, 3.05) is 14.2 Å². The third kappa shape index (κ3) is 4.82. The molecule has 4 aromatic rings. The highest BCUT2D eigenvalue weighted by Crippen LogP contribution is 2.23. The van der Waals surface area contributed by atoms with E-state index in [9.17, 15) is 13.2 Å². The van der Waals surface area contributed by atoms with E-state index in [2.05, 4.69) is 4.99 Å². The molecule has 0 unspecified atom stereocenters. The van der Waals surface area contributed by atoms with Gasteiger partial charge in [-0.3, -0.25) is 4.79 Å². The zero-order valence-electron chi connectivity index (χ0n) is 19.1. The average Bonchev–Trinajstić information content (AvgIpc) is 3.20. The van der Waals surface area contributed by atoms with Gasteiger partial charge in [-0.15, -0.1) is 0 Å². The Bertz CT molecular complexity index is 1490. The molecule has 0 radical (unpaired) electrons. The van der Waals surface area contributed by atoms with Crippen molar-refractivity contribution < 1.29 is 17.9 Å². The minimum atomic E-state index is -3.70. The van der Waals surface area contributed by atoms with Gasteiger partial charge in [0.1, 0.15) is 5.75 Å². The molecule has 0 aliphatic rings. The Morgan fingerprint density at radius 1 is 1.06 bits per heavy atom. The first-order chi connectivity index (χ1) is 16.3. The summed E-state index contributed by atoms with van der Waals surface area (Å²) in [4.78, 5) is 17.9. The van der Waals surface area contributed by atoms with Crippen molar-refractivity contribution in [3.8, 4) is 5.75 Å². The molecule has 34 heavy (non-hydrogen) atoms. The third-order valence-electron chi connectivity index (χ3n) is 5.46. The number of rotatable bonds is 7. The van der Waals surface area contributed by atoms with E-state index in [-0.39, 0.29) is 11.4 Å². The second-order valence-electron chi connectivity index (χ2n) is 7.65. The molecule has 0 bridgehead atoms. The lowest BCUT2D eigenvalue weighted by Crippen LogP contribution is -2.26. The van der Waals surface area contributed by atoms with Gasteiger partial charge < -0.3 is 9.30 Å². The fourth-order valence-corrected chi connectivity index (χ4v) is 5.88. The van der Waals surface area contributed by atoms with E-state index in [0.717, 1.165) is 21.5 Å². The monoisotopic (exact) mass is 495 g/mol. The van der Waals surface area contributed by atoms with Crippen molar-refractivity contribution in [3.05, 3.63) is 88.7 Å².